The SMILES string of the molecule is CSC1CCC(Nc2cc(N)ccc2C)CC1. The lowest BCUT2D eigenvalue weighted by atomic mass is 9.94. The Morgan fingerprint density at radius 2 is 1.94 bits per heavy atom. The molecule has 3 heteroatoms. The van der Waals surface area contributed by atoms with Crippen LogP contribution < -0.4 is 11.1 Å². The monoisotopic (exact) mass is 250 g/mol. The van der Waals surface area contributed by atoms with E-state index < -0.39 is 0 Å². The molecule has 2 rings (SSSR count). The number of thioether (sulfide) groups is 1. The highest BCUT2D eigenvalue weighted by molar-refractivity contribution is 7.99. The molecule has 2 nitrogen and oxygen atoms in total. The number of nitrogen functional groups attached to an aromatic ring is 1. The molecule has 0 bridgehead atoms. The highest BCUT2D eigenvalue weighted by Crippen LogP contribution is 2.29. The lowest BCUT2D eigenvalue weighted by molar-refractivity contribution is 0.473. The summed E-state index contributed by atoms with van der Waals surface area (Å²) in [4.78, 5) is 0. The van der Waals surface area contributed by atoms with E-state index in [1.54, 1.807) is 0 Å². The predicted octanol–water partition coefficient (Wildman–Crippen LogP) is 3.66. The van der Waals surface area contributed by atoms with Gasteiger partial charge in [0.2, 0.25) is 0 Å². The summed E-state index contributed by atoms with van der Waals surface area (Å²) < 4.78 is 0. The second-order valence-electron chi connectivity index (χ2n) is 4.93. The maximum atomic E-state index is 5.83. The van der Waals surface area contributed by atoms with E-state index in [0.29, 0.717) is 6.04 Å². The van der Waals surface area contributed by atoms with Crippen LogP contribution in [0.5, 0.6) is 0 Å². The highest BCUT2D eigenvalue weighted by atomic mass is 32.2. The molecule has 1 aliphatic rings. The van der Waals surface area contributed by atoms with Crippen molar-refractivity contribution >= 4 is 23.1 Å². The van der Waals surface area contributed by atoms with E-state index in [2.05, 4.69) is 30.6 Å². The van der Waals surface area contributed by atoms with Crippen LogP contribution in [0.3, 0.4) is 0 Å². The van der Waals surface area contributed by atoms with Crippen molar-refractivity contribution in [2.24, 2.45) is 0 Å². The van der Waals surface area contributed by atoms with Gasteiger partial charge in [0, 0.05) is 22.7 Å². The molecule has 17 heavy (non-hydrogen) atoms. The van der Waals surface area contributed by atoms with Crippen molar-refractivity contribution in [2.45, 2.75) is 43.9 Å². The van der Waals surface area contributed by atoms with Gasteiger partial charge in [0.25, 0.3) is 0 Å². The van der Waals surface area contributed by atoms with E-state index >= 15 is 0 Å². The Bertz CT molecular complexity index is 370. The predicted molar refractivity (Wildman–Crippen MR) is 78.8 cm³/mol. The first-order valence-electron chi connectivity index (χ1n) is 6.34. The molecule has 0 aliphatic heterocycles. The topological polar surface area (TPSA) is 38.0 Å². The van der Waals surface area contributed by atoms with Gasteiger partial charge in [0.1, 0.15) is 0 Å². The van der Waals surface area contributed by atoms with Gasteiger partial charge < -0.3 is 11.1 Å². The van der Waals surface area contributed by atoms with Gasteiger partial charge in [-0.15, -0.1) is 0 Å². The van der Waals surface area contributed by atoms with E-state index in [-0.39, 0.29) is 0 Å². The van der Waals surface area contributed by atoms with Gasteiger partial charge in [0.15, 0.2) is 0 Å². The molecule has 0 atom stereocenters. The molecule has 1 aromatic rings. The van der Waals surface area contributed by atoms with Crippen LogP contribution in [-0.2, 0) is 0 Å². The Kier molecular flexibility index (Phi) is 4.21. The van der Waals surface area contributed by atoms with Crippen molar-refractivity contribution < 1.29 is 0 Å². The lowest BCUT2D eigenvalue weighted by Crippen LogP contribution is -2.27. The van der Waals surface area contributed by atoms with E-state index in [1.165, 1.54) is 36.9 Å². The van der Waals surface area contributed by atoms with Crippen LogP contribution in [0.4, 0.5) is 11.4 Å². The summed E-state index contributed by atoms with van der Waals surface area (Å²) in [7, 11) is 0. The van der Waals surface area contributed by atoms with Crippen LogP contribution in [0, 0.1) is 6.92 Å². The van der Waals surface area contributed by atoms with Crippen molar-refractivity contribution in [3.63, 3.8) is 0 Å². The second kappa shape index (κ2) is 5.67. The first-order valence-corrected chi connectivity index (χ1v) is 7.63. The molecule has 1 fully saturated rings. The second-order valence-corrected chi connectivity index (χ2v) is 6.07. The summed E-state index contributed by atoms with van der Waals surface area (Å²) in [6.45, 7) is 2.13. The van der Waals surface area contributed by atoms with E-state index in [0.717, 1.165) is 10.9 Å². The lowest BCUT2D eigenvalue weighted by Gasteiger charge is -2.29. The minimum absolute atomic E-state index is 0.624. The molecule has 0 spiro atoms. The average molecular weight is 250 g/mol. The van der Waals surface area contributed by atoms with Crippen molar-refractivity contribution in [3.8, 4) is 0 Å². The zero-order valence-corrected chi connectivity index (χ0v) is 11.5. The molecule has 0 radical (unpaired) electrons. The molecule has 3 N–H and O–H groups in total. The van der Waals surface area contributed by atoms with Crippen molar-refractivity contribution in [1.29, 1.82) is 0 Å². The average Bonchev–Trinajstić information content (AvgIpc) is 2.35. The third-order valence-corrected chi connectivity index (χ3v) is 4.77. The summed E-state index contributed by atoms with van der Waals surface area (Å²) in [5, 5.41) is 4.52. The Hall–Kier alpha value is -0.830. The number of hydrogen-bond donors (Lipinski definition) is 2. The standard InChI is InChI=1S/C14H22N2S/c1-10-3-4-11(15)9-14(10)16-12-5-7-13(17-2)8-6-12/h3-4,9,12-13,16H,5-8,15H2,1-2H3. The van der Waals surface area contributed by atoms with Gasteiger partial charge in [-0.05, 0) is 56.6 Å². The first-order chi connectivity index (χ1) is 8.19. The number of aryl methyl sites for hydroxylation is 1. The zero-order valence-electron chi connectivity index (χ0n) is 10.7. The Labute approximate surface area is 108 Å². The van der Waals surface area contributed by atoms with Gasteiger partial charge >= 0.3 is 0 Å². The fourth-order valence-corrected chi connectivity index (χ4v) is 3.20. The number of benzene rings is 1. The third kappa shape index (κ3) is 3.32. The molecular formula is C14H22N2S. The van der Waals surface area contributed by atoms with Gasteiger partial charge in [-0.2, -0.15) is 11.8 Å². The molecular weight excluding hydrogens is 228 g/mol. The van der Waals surface area contributed by atoms with Crippen LogP contribution in [-0.4, -0.2) is 17.5 Å². The van der Waals surface area contributed by atoms with Crippen molar-refractivity contribution in [2.75, 3.05) is 17.3 Å². The third-order valence-electron chi connectivity index (χ3n) is 3.63. The molecule has 1 aliphatic carbocycles. The van der Waals surface area contributed by atoms with Gasteiger partial charge in [-0.3, -0.25) is 0 Å². The smallest absolute Gasteiger partial charge is 0.0392 e. The first kappa shape index (κ1) is 12.6. The molecule has 94 valence electrons. The minimum Gasteiger partial charge on any atom is -0.399 e. The molecule has 0 heterocycles. The molecule has 0 unspecified atom stereocenters. The van der Waals surface area contributed by atoms with Crippen LogP contribution in [0.15, 0.2) is 18.2 Å². The fraction of sp³-hybridized carbons (Fsp3) is 0.571. The van der Waals surface area contributed by atoms with Crippen molar-refractivity contribution in [3.05, 3.63) is 23.8 Å². The van der Waals surface area contributed by atoms with Crippen LogP contribution >= 0.6 is 11.8 Å². The summed E-state index contributed by atoms with van der Waals surface area (Å²) in [5.41, 5.74) is 9.17. The van der Waals surface area contributed by atoms with Crippen molar-refractivity contribution in [1.82, 2.24) is 0 Å². The zero-order chi connectivity index (χ0) is 12.3. The largest absolute Gasteiger partial charge is 0.399 e. The quantitative estimate of drug-likeness (QED) is 0.804. The van der Waals surface area contributed by atoms with Gasteiger partial charge in [0.05, 0.1) is 0 Å². The molecule has 0 saturated heterocycles. The van der Waals surface area contributed by atoms with E-state index in [1.807, 2.05) is 17.8 Å². The molecule has 0 amide bonds. The normalized spacial score (nSPS) is 24.6. The fourth-order valence-electron chi connectivity index (χ4n) is 2.46. The van der Waals surface area contributed by atoms with Gasteiger partial charge in [-0.25, -0.2) is 0 Å². The van der Waals surface area contributed by atoms with Crippen LogP contribution in [0.25, 0.3) is 0 Å². The molecule has 1 saturated carbocycles. The maximum Gasteiger partial charge on any atom is 0.0392 e. The number of rotatable bonds is 3. The highest BCUT2D eigenvalue weighted by Gasteiger charge is 2.20. The summed E-state index contributed by atoms with van der Waals surface area (Å²) >= 11 is 2.01. The summed E-state index contributed by atoms with van der Waals surface area (Å²) in [5.74, 6) is 0. The number of hydrogen-bond acceptors (Lipinski definition) is 3. The Morgan fingerprint density at radius 3 is 2.59 bits per heavy atom. The molecule has 0 aromatic heterocycles. The number of nitrogens with two attached hydrogens (primary N) is 1. The van der Waals surface area contributed by atoms with Crippen LogP contribution in [0.2, 0.25) is 0 Å². The van der Waals surface area contributed by atoms with E-state index in [9.17, 15) is 0 Å². The summed E-state index contributed by atoms with van der Waals surface area (Å²) in [6, 6.07) is 6.73. The van der Waals surface area contributed by atoms with Crippen LogP contribution in [0.1, 0.15) is 31.2 Å². The minimum atomic E-state index is 0.624. The maximum absolute atomic E-state index is 5.83. The Balaban J connectivity index is 1.95. The van der Waals surface area contributed by atoms with E-state index in [4.69, 9.17) is 5.73 Å². The Morgan fingerprint density at radius 1 is 1.24 bits per heavy atom. The number of anilines is 2. The molecule has 1 aromatic carbocycles. The number of nitrogens with one attached hydrogen (secondary N) is 1. The van der Waals surface area contributed by atoms with Gasteiger partial charge in [-0.1, -0.05) is 6.07 Å². The summed E-state index contributed by atoms with van der Waals surface area (Å²) in [6.07, 6.45) is 7.44.